The van der Waals surface area contributed by atoms with Gasteiger partial charge in [0, 0.05) is 18.3 Å². The van der Waals surface area contributed by atoms with Crippen LogP contribution in [0, 0.1) is 29.6 Å². The Hall–Kier alpha value is -2.06. The van der Waals surface area contributed by atoms with Crippen LogP contribution in [0.2, 0.25) is 0 Å². The van der Waals surface area contributed by atoms with Crippen molar-refractivity contribution in [3.8, 4) is 0 Å². The fourth-order valence-corrected chi connectivity index (χ4v) is 7.15. The summed E-state index contributed by atoms with van der Waals surface area (Å²) in [7, 11) is -3.16. The monoisotopic (exact) mass is 522 g/mol. The van der Waals surface area contributed by atoms with Gasteiger partial charge in [-0.25, -0.2) is 8.42 Å². The lowest BCUT2D eigenvalue weighted by Gasteiger charge is -2.32. The molecule has 0 amide bonds. The lowest BCUT2D eigenvalue weighted by Crippen LogP contribution is -2.49. The Bertz CT molecular complexity index is 948. The zero-order chi connectivity index (χ0) is 25.2. The molecule has 4 fully saturated rings. The van der Waals surface area contributed by atoms with Gasteiger partial charge in [0.05, 0.1) is 23.3 Å². The Balaban J connectivity index is 1.46. The summed E-state index contributed by atoms with van der Waals surface area (Å²) in [4.78, 5) is 37.1. The van der Waals surface area contributed by atoms with Crippen LogP contribution in [0.5, 0.6) is 0 Å². The van der Waals surface area contributed by atoms with Crippen LogP contribution in [0.3, 0.4) is 0 Å². The van der Waals surface area contributed by atoms with Crippen LogP contribution in [-0.2, 0) is 38.4 Å². The highest BCUT2D eigenvalue weighted by atomic mass is 32.2. The third-order valence-corrected chi connectivity index (χ3v) is 8.76. The lowest BCUT2D eigenvalue weighted by molar-refractivity contribution is -0.315. The van der Waals surface area contributed by atoms with Crippen LogP contribution in [0.25, 0.3) is 0 Å². The predicted octanol–water partition coefficient (Wildman–Crippen LogP) is 1.96. The number of carbonyl (C=O) groups excluding carboxylic acids is 3. The fourth-order valence-electron chi connectivity index (χ4n) is 5.56. The van der Waals surface area contributed by atoms with Crippen LogP contribution < -0.4 is 0 Å². The van der Waals surface area contributed by atoms with Crippen molar-refractivity contribution in [1.82, 2.24) is 0 Å². The van der Waals surface area contributed by atoms with E-state index in [1.54, 1.807) is 0 Å². The SMILES string of the molecule is O=C(CC1CCS(=O)(=O)CC1)OC1C2CC3C1OC(=O)C3C2C(=O)OC(C(F)(F)F)C(F)(F)F. The first-order chi connectivity index (χ1) is 15.6. The molecule has 6 unspecified atom stereocenters. The maximum absolute atomic E-state index is 12.8. The van der Waals surface area contributed by atoms with E-state index in [-0.39, 0.29) is 43.1 Å². The molecule has 0 aromatic heterocycles. The first-order valence-corrected chi connectivity index (χ1v) is 12.3. The summed E-state index contributed by atoms with van der Waals surface area (Å²) < 4.78 is 114. The maximum atomic E-state index is 12.8. The standard InChI is InChI=1S/C19H20F6O8S/c20-18(21,22)17(19(23,24)25)33-16(28)12-8-6-9-11(12)15(27)32-14(9)13(8)31-10(26)5-7-1-3-34(29,30)4-2-7/h7-9,11-14,17H,1-6H2. The molecule has 6 atom stereocenters. The van der Waals surface area contributed by atoms with E-state index in [1.807, 2.05) is 0 Å². The molecule has 2 aliphatic carbocycles. The summed E-state index contributed by atoms with van der Waals surface area (Å²) in [6, 6.07) is 0. The summed E-state index contributed by atoms with van der Waals surface area (Å²) in [5, 5.41) is 0. The summed E-state index contributed by atoms with van der Waals surface area (Å²) in [5.74, 6) is -8.77. The molecular formula is C19H20F6O8S. The van der Waals surface area contributed by atoms with Crippen molar-refractivity contribution in [2.24, 2.45) is 29.6 Å². The smallest absolute Gasteiger partial charge is 0.434 e. The van der Waals surface area contributed by atoms with Crippen LogP contribution in [0.4, 0.5) is 26.3 Å². The average molecular weight is 522 g/mol. The molecule has 0 N–H and O–H groups in total. The molecule has 2 saturated carbocycles. The Kier molecular flexibility index (Phi) is 6.09. The largest absolute Gasteiger partial charge is 0.458 e. The molecule has 0 spiro atoms. The second-order valence-electron chi connectivity index (χ2n) is 9.17. The number of hydrogen-bond acceptors (Lipinski definition) is 8. The van der Waals surface area contributed by atoms with Gasteiger partial charge in [-0.15, -0.1) is 0 Å². The van der Waals surface area contributed by atoms with Crippen molar-refractivity contribution < 1.29 is 63.4 Å². The Morgan fingerprint density at radius 1 is 1.03 bits per heavy atom. The Morgan fingerprint density at radius 3 is 2.18 bits per heavy atom. The molecule has 2 saturated heterocycles. The molecule has 0 aromatic carbocycles. The van der Waals surface area contributed by atoms with Crippen LogP contribution in [-0.4, -0.2) is 68.5 Å². The summed E-state index contributed by atoms with van der Waals surface area (Å²) >= 11 is 0. The summed E-state index contributed by atoms with van der Waals surface area (Å²) in [6.07, 6.45) is -18.0. The first-order valence-electron chi connectivity index (χ1n) is 10.5. The van der Waals surface area contributed by atoms with Crippen LogP contribution >= 0.6 is 0 Å². The van der Waals surface area contributed by atoms with Gasteiger partial charge in [-0.3, -0.25) is 14.4 Å². The van der Waals surface area contributed by atoms with E-state index in [0.717, 1.165) is 0 Å². The van der Waals surface area contributed by atoms with Gasteiger partial charge < -0.3 is 14.2 Å². The normalized spacial score (nSPS) is 34.9. The van der Waals surface area contributed by atoms with Crippen molar-refractivity contribution in [2.75, 3.05) is 11.5 Å². The minimum Gasteiger partial charge on any atom is -0.458 e. The topological polar surface area (TPSA) is 113 Å². The van der Waals surface area contributed by atoms with Crippen molar-refractivity contribution in [3.63, 3.8) is 0 Å². The van der Waals surface area contributed by atoms with E-state index in [9.17, 15) is 49.1 Å². The molecule has 2 heterocycles. The number of sulfone groups is 1. The van der Waals surface area contributed by atoms with Gasteiger partial charge in [-0.1, -0.05) is 0 Å². The number of hydrogen-bond donors (Lipinski definition) is 0. The van der Waals surface area contributed by atoms with Gasteiger partial charge in [0.1, 0.15) is 22.0 Å². The quantitative estimate of drug-likeness (QED) is 0.306. The number of esters is 3. The third kappa shape index (κ3) is 4.59. The lowest BCUT2D eigenvalue weighted by atomic mass is 9.78. The molecule has 15 heteroatoms. The molecule has 4 aliphatic rings. The van der Waals surface area contributed by atoms with Gasteiger partial charge >= 0.3 is 30.3 Å². The predicted molar refractivity (Wildman–Crippen MR) is 96.3 cm³/mol. The van der Waals surface area contributed by atoms with E-state index in [0.29, 0.717) is 0 Å². The first kappa shape index (κ1) is 25.0. The third-order valence-electron chi connectivity index (χ3n) is 7.04. The molecule has 4 rings (SSSR count). The number of alkyl halides is 6. The molecule has 2 bridgehead atoms. The summed E-state index contributed by atoms with van der Waals surface area (Å²) in [5.41, 5.74) is 0. The number of rotatable bonds is 5. The van der Waals surface area contributed by atoms with Crippen molar-refractivity contribution in [1.29, 1.82) is 0 Å². The zero-order valence-corrected chi connectivity index (χ0v) is 18.1. The van der Waals surface area contributed by atoms with Crippen molar-refractivity contribution in [3.05, 3.63) is 0 Å². The minimum absolute atomic E-state index is 0.0309. The molecule has 34 heavy (non-hydrogen) atoms. The van der Waals surface area contributed by atoms with Crippen LogP contribution in [0.15, 0.2) is 0 Å². The molecule has 0 aromatic rings. The zero-order valence-electron chi connectivity index (χ0n) is 17.3. The molecule has 2 aliphatic heterocycles. The summed E-state index contributed by atoms with van der Waals surface area (Å²) in [6.45, 7) is 0. The molecule has 8 nitrogen and oxygen atoms in total. The molecule has 192 valence electrons. The van der Waals surface area contributed by atoms with Gasteiger partial charge in [0.15, 0.2) is 0 Å². The fraction of sp³-hybridized carbons (Fsp3) is 0.842. The van der Waals surface area contributed by atoms with Gasteiger partial charge in [0.25, 0.3) is 6.10 Å². The number of fused-ring (bicyclic) bond motifs is 1. The van der Waals surface area contributed by atoms with Gasteiger partial charge in [0.2, 0.25) is 0 Å². The van der Waals surface area contributed by atoms with E-state index in [1.165, 1.54) is 0 Å². The number of ether oxygens (including phenoxy) is 3. The molecular weight excluding hydrogens is 502 g/mol. The van der Waals surface area contributed by atoms with E-state index in [4.69, 9.17) is 9.47 Å². The van der Waals surface area contributed by atoms with Crippen molar-refractivity contribution in [2.45, 2.75) is 56.3 Å². The second kappa shape index (κ2) is 8.26. The highest BCUT2D eigenvalue weighted by Crippen LogP contribution is 2.59. The van der Waals surface area contributed by atoms with E-state index < -0.39 is 82.1 Å². The number of carbonyl (C=O) groups is 3. The maximum Gasteiger partial charge on any atom is 0.434 e. The van der Waals surface area contributed by atoms with Gasteiger partial charge in [-0.05, 0) is 25.2 Å². The Labute approximate surface area is 189 Å². The second-order valence-corrected chi connectivity index (χ2v) is 11.5. The van der Waals surface area contributed by atoms with Crippen molar-refractivity contribution >= 4 is 27.7 Å². The average Bonchev–Trinajstić information content (AvgIpc) is 3.29. The van der Waals surface area contributed by atoms with E-state index in [2.05, 4.69) is 4.74 Å². The van der Waals surface area contributed by atoms with Gasteiger partial charge in [-0.2, -0.15) is 26.3 Å². The highest BCUT2D eigenvalue weighted by Gasteiger charge is 2.71. The van der Waals surface area contributed by atoms with E-state index >= 15 is 0 Å². The highest BCUT2D eigenvalue weighted by molar-refractivity contribution is 7.91. The Morgan fingerprint density at radius 2 is 1.62 bits per heavy atom. The minimum atomic E-state index is -5.91. The van der Waals surface area contributed by atoms with Crippen LogP contribution in [0.1, 0.15) is 25.7 Å². The number of halogens is 6. The molecule has 0 radical (unpaired) electrons.